The maximum absolute atomic E-state index is 12.8. The molecule has 0 saturated carbocycles. The second kappa shape index (κ2) is 7.86. The van der Waals surface area contributed by atoms with Crippen LogP contribution in [0.1, 0.15) is 31.1 Å². The normalized spacial score (nSPS) is 21.3. The molecule has 1 atom stereocenters. The number of aromatic nitrogens is 1. The van der Waals surface area contributed by atoms with Gasteiger partial charge in [-0.2, -0.15) is 0 Å². The van der Waals surface area contributed by atoms with E-state index in [1.807, 2.05) is 18.2 Å². The van der Waals surface area contributed by atoms with Gasteiger partial charge in [0.15, 0.2) is 5.13 Å². The van der Waals surface area contributed by atoms with Gasteiger partial charge < -0.3 is 10.1 Å². The fourth-order valence-corrected chi connectivity index (χ4v) is 4.72. The van der Waals surface area contributed by atoms with E-state index in [0.29, 0.717) is 11.2 Å². The standard InChI is InChI=1S/C20H25N3O2S/c1-2-17-18(14-6-4-3-5-7-14)21-20(26-17)22-19(24)16-8-11-23(16)15-9-12-25-13-10-15/h3-7,15-16H,2,8-13H2,1H3,(H,21,22,24)/t16-/m0/s1. The highest BCUT2D eigenvalue weighted by atomic mass is 32.1. The van der Waals surface area contributed by atoms with Crippen molar-refractivity contribution >= 4 is 22.4 Å². The molecule has 2 aliphatic heterocycles. The van der Waals surface area contributed by atoms with E-state index < -0.39 is 0 Å². The summed E-state index contributed by atoms with van der Waals surface area (Å²) < 4.78 is 5.44. The van der Waals surface area contributed by atoms with Gasteiger partial charge in [-0.05, 0) is 25.7 Å². The predicted octanol–water partition coefficient (Wildman–Crippen LogP) is 3.56. The number of hydrogen-bond acceptors (Lipinski definition) is 5. The quantitative estimate of drug-likeness (QED) is 0.873. The Morgan fingerprint density at radius 2 is 2.04 bits per heavy atom. The highest BCUT2D eigenvalue weighted by molar-refractivity contribution is 7.16. The molecule has 2 saturated heterocycles. The minimum Gasteiger partial charge on any atom is -0.381 e. The van der Waals surface area contributed by atoms with Crippen molar-refractivity contribution in [2.24, 2.45) is 0 Å². The zero-order valence-corrected chi connectivity index (χ0v) is 15.9. The van der Waals surface area contributed by atoms with Crippen LogP contribution >= 0.6 is 11.3 Å². The van der Waals surface area contributed by atoms with E-state index in [1.165, 1.54) is 4.88 Å². The number of carbonyl (C=O) groups is 1. The third kappa shape index (κ3) is 3.54. The summed E-state index contributed by atoms with van der Waals surface area (Å²) in [7, 11) is 0. The molecule has 5 nitrogen and oxygen atoms in total. The van der Waals surface area contributed by atoms with E-state index in [0.717, 1.165) is 56.7 Å². The zero-order chi connectivity index (χ0) is 17.9. The Labute approximate surface area is 158 Å². The number of benzene rings is 1. The van der Waals surface area contributed by atoms with Crippen LogP contribution in [0.25, 0.3) is 11.3 Å². The predicted molar refractivity (Wildman–Crippen MR) is 105 cm³/mol. The minimum atomic E-state index is -0.0211. The van der Waals surface area contributed by atoms with Gasteiger partial charge in [0.1, 0.15) is 0 Å². The van der Waals surface area contributed by atoms with Crippen LogP contribution in [0.4, 0.5) is 5.13 Å². The molecule has 26 heavy (non-hydrogen) atoms. The molecule has 1 amide bonds. The van der Waals surface area contributed by atoms with Crippen LogP contribution in [0.2, 0.25) is 0 Å². The maximum atomic E-state index is 12.8. The highest BCUT2D eigenvalue weighted by Gasteiger charge is 2.39. The molecule has 0 bridgehead atoms. The lowest BCUT2D eigenvalue weighted by molar-refractivity contribution is -0.129. The van der Waals surface area contributed by atoms with E-state index in [2.05, 4.69) is 29.3 Å². The summed E-state index contributed by atoms with van der Waals surface area (Å²) in [6.45, 7) is 4.75. The Hall–Kier alpha value is -1.76. The van der Waals surface area contributed by atoms with Gasteiger partial charge in [-0.1, -0.05) is 37.3 Å². The van der Waals surface area contributed by atoms with Crippen molar-refractivity contribution in [1.29, 1.82) is 0 Å². The van der Waals surface area contributed by atoms with Crippen molar-refractivity contribution in [3.8, 4) is 11.3 Å². The second-order valence-corrected chi connectivity index (χ2v) is 7.97. The summed E-state index contributed by atoms with van der Waals surface area (Å²) in [4.78, 5) is 21.0. The van der Waals surface area contributed by atoms with Gasteiger partial charge in [-0.3, -0.25) is 9.69 Å². The van der Waals surface area contributed by atoms with Crippen molar-refractivity contribution in [1.82, 2.24) is 9.88 Å². The van der Waals surface area contributed by atoms with Crippen LogP contribution in [0, 0.1) is 0 Å². The van der Waals surface area contributed by atoms with Gasteiger partial charge in [-0.15, -0.1) is 11.3 Å². The topological polar surface area (TPSA) is 54.5 Å². The Morgan fingerprint density at radius 1 is 1.27 bits per heavy atom. The molecule has 1 aromatic carbocycles. The smallest absolute Gasteiger partial charge is 0.243 e. The van der Waals surface area contributed by atoms with Crippen molar-refractivity contribution < 1.29 is 9.53 Å². The Bertz CT molecular complexity index is 756. The van der Waals surface area contributed by atoms with Gasteiger partial charge >= 0.3 is 0 Å². The summed E-state index contributed by atoms with van der Waals surface area (Å²) >= 11 is 1.59. The molecule has 0 radical (unpaired) electrons. The first kappa shape index (κ1) is 17.6. The lowest BCUT2D eigenvalue weighted by atomic mass is 9.95. The summed E-state index contributed by atoms with van der Waals surface area (Å²) in [5.41, 5.74) is 2.09. The third-order valence-electron chi connectivity index (χ3n) is 5.32. The fraction of sp³-hybridized carbons (Fsp3) is 0.500. The van der Waals surface area contributed by atoms with E-state index in [4.69, 9.17) is 9.72 Å². The molecule has 2 aliphatic rings. The molecule has 1 aromatic heterocycles. The summed E-state index contributed by atoms with van der Waals surface area (Å²) in [5, 5.41) is 3.79. The van der Waals surface area contributed by atoms with Crippen molar-refractivity contribution in [2.75, 3.05) is 25.1 Å². The number of hydrogen-bond donors (Lipinski definition) is 1. The highest BCUT2D eigenvalue weighted by Crippen LogP contribution is 2.33. The summed E-state index contributed by atoms with van der Waals surface area (Å²) in [6.07, 6.45) is 3.90. The first-order valence-corrected chi connectivity index (χ1v) is 10.3. The first-order valence-electron chi connectivity index (χ1n) is 9.45. The van der Waals surface area contributed by atoms with E-state index in [-0.39, 0.29) is 11.9 Å². The Kier molecular flexibility index (Phi) is 5.33. The average Bonchev–Trinajstić information content (AvgIpc) is 3.05. The molecule has 3 heterocycles. The number of anilines is 1. The van der Waals surface area contributed by atoms with Gasteiger partial charge in [0.25, 0.3) is 0 Å². The van der Waals surface area contributed by atoms with Gasteiger partial charge in [0, 0.05) is 36.2 Å². The molecule has 0 unspecified atom stereocenters. The molecular weight excluding hydrogens is 346 g/mol. The lowest BCUT2D eigenvalue weighted by Gasteiger charge is -2.46. The molecular formula is C20H25N3O2S. The maximum Gasteiger partial charge on any atom is 0.243 e. The fourth-order valence-electron chi connectivity index (χ4n) is 3.80. The molecule has 2 fully saturated rings. The number of nitrogens with one attached hydrogen (secondary N) is 1. The molecule has 4 rings (SSSR count). The number of nitrogens with zero attached hydrogens (tertiary/aromatic N) is 2. The van der Waals surface area contributed by atoms with E-state index >= 15 is 0 Å². The van der Waals surface area contributed by atoms with Gasteiger partial charge in [0.05, 0.1) is 11.7 Å². The Morgan fingerprint density at radius 3 is 2.69 bits per heavy atom. The number of aryl methyl sites for hydroxylation is 1. The number of likely N-dealkylation sites (tertiary alicyclic amines) is 1. The number of thiazole rings is 1. The molecule has 0 aliphatic carbocycles. The van der Waals surface area contributed by atoms with Crippen LogP contribution in [0.15, 0.2) is 30.3 Å². The number of ether oxygens (including phenoxy) is 1. The van der Waals surface area contributed by atoms with Crippen molar-refractivity contribution in [3.05, 3.63) is 35.2 Å². The van der Waals surface area contributed by atoms with Crippen LogP contribution in [-0.2, 0) is 16.0 Å². The van der Waals surface area contributed by atoms with Crippen LogP contribution < -0.4 is 5.32 Å². The number of carbonyl (C=O) groups excluding carboxylic acids is 1. The second-order valence-electron chi connectivity index (χ2n) is 6.89. The van der Waals surface area contributed by atoms with Crippen LogP contribution in [0.5, 0.6) is 0 Å². The van der Waals surface area contributed by atoms with Crippen molar-refractivity contribution in [3.63, 3.8) is 0 Å². The number of rotatable bonds is 5. The first-order chi connectivity index (χ1) is 12.8. The summed E-state index contributed by atoms with van der Waals surface area (Å²) in [6, 6.07) is 10.6. The third-order valence-corrected chi connectivity index (χ3v) is 6.43. The van der Waals surface area contributed by atoms with Crippen LogP contribution in [0.3, 0.4) is 0 Å². The zero-order valence-electron chi connectivity index (χ0n) is 15.1. The van der Waals surface area contributed by atoms with Crippen LogP contribution in [-0.4, -0.2) is 47.6 Å². The van der Waals surface area contributed by atoms with Gasteiger partial charge in [-0.25, -0.2) is 4.98 Å². The molecule has 1 N–H and O–H groups in total. The average molecular weight is 372 g/mol. The SMILES string of the molecule is CCc1sc(NC(=O)[C@@H]2CCN2C2CCOCC2)nc1-c1ccccc1. The lowest BCUT2D eigenvalue weighted by Crippen LogP contribution is -2.59. The molecule has 0 spiro atoms. The largest absolute Gasteiger partial charge is 0.381 e. The minimum absolute atomic E-state index is 0.0211. The monoisotopic (exact) mass is 371 g/mol. The molecule has 138 valence electrons. The number of amides is 1. The van der Waals surface area contributed by atoms with Crippen molar-refractivity contribution in [2.45, 2.75) is 44.7 Å². The van der Waals surface area contributed by atoms with Gasteiger partial charge in [0.2, 0.25) is 5.91 Å². The van der Waals surface area contributed by atoms with E-state index in [1.54, 1.807) is 11.3 Å². The molecule has 2 aromatic rings. The molecule has 6 heteroatoms. The Balaban J connectivity index is 1.45. The summed E-state index contributed by atoms with van der Waals surface area (Å²) in [5.74, 6) is 0.0822. The van der Waals surface area contributed by atoms with E-state index in [9.17, 15) is 4.79 Å².